The molecular formula is C15H26N4. The molecule has 0 amide bonds. The Balaban J connectivity index is 2.23. The number of rotatable bonds is 4. The third-order valence-electron chi connectivity index (χ3n) is 3.90. The Morgan fingerprint density at radius 3 is 2.84 bits per heavy atom. The number of aromatic nitrogens is 2. The van der Waals surface area contributed by atoms with E-state index in [2.05, 4.69) is 40.1 Å². The average Bonchev–Trinajstić information content (AvgIpc) is 2.38. The van der Waals surface area contributed by atoms with Crippen LogP contribution in [0.25, 0.3) is 0 Å². The number of hydrogen-bond acceptors (Lipinski definition) is 4. The van der Waals surface area contributed by atoms with Gasteiger partial charge in [-0.25, -0.2) is 9.97 Å². The summed E-state index contributed by atoms with van der Waals surface area (Å²) in [6.07, 6.45) is 3.83. The molecular weight excluding hydrogens is 236 g/mol. The lowest BCUT2D eigenvalue weighted by atomic mass is 9.96. The molecule has 0 aliphatic carbocycles. The Hall–Kier alpha value is -1.16. The van der Waals surface area contributed by atoms with Crippen LogP contribution in [0.2, 0.25) is 0 Å². The van der Waals surface area contributed by atoms with Crippen molar-refractivity contribution in [3.8, 4) is 0 Å². The van der Waals surface area contributed by atoms with Gasteiger partial charge in [-0.15, -0.1) is 0 Å². The van der Waals surface area contributed by atoms with Gasteiger partial charge in [0.15, 0.2) is 0 Å². The van der Waals surface area contributed by atoms with Crippen LogP contribution in [0.5, 0.6) is 0 Å². The molecule has 1 fully saturated rings. The first kappa shape index (κ1) is 14.3. The van der Waals surface area contributed by atoms with E-state index in [-0.39, 0.29) is 0 Å². The highest BCUT2D eigenvalue weighted by Crippen LogP contribution is 2.25. The summed E-state index contributed by atoms with van der Waals surface area (Å²) in [7, 11) is 0. The lowest BCUT2D eigenvalue weighted by Crippen LogP contribution is -2.51. The minimum Gasteiger partial charge on any atom is -0.352 e. The van der Waals surface area contributed by atoms with E-state index in [0.29, 0.717) is 12.1 Å². The molecule has 1 aliphatic heterocycles. The van der Waals surface area contributed by atoms with E-state index in [1.165, 1.54) is 19.3 Å². The molecule has 1 saturated heterocycles. The average molecular weight is 262 g/mol. The fourth-order valence-corrected chi connectivity index (χ4v) is 3.06. The first-order valence-corrected chi connectivity index (χ1v) is 7.44. The number of nitrogens with one attached hydrogen (secondary N) is 1. The summed E-state index contributed by atoms with van der Waals surface area (Å²) < 4.78 is 0. The first-order valence-electron chi connectivity index (χ1n) is 7.44. The normalized spacial score (nSPS) is 21.5. The van der Waals surface area contributed by atoms with Gasteiger partial charge in [-0.2, -0.15) is 0 Å². The van der Waals surface area contributed by atoms with Crippen LogP contribution in [-0.4, -0.2) is 35.1 Å². The second-order valence-corrected chi connectivity index (χ2v) is 5.52. The maximum atomic E-state index is 4.64. The molecule has 2 atom stereocenters. The van der Waals surface area contributed by atoms with Gasteiger partial charge < -0.3 is 10.2 Å². The van der Waals surface area contributed by atoms with E-state index in [0.717, 1.165) is 30.4 Å². The summed E-state index contributed by atoms with van der Waals surface area (Å²) in [5, 5.41) is 3.56. The van der Waals surface area contributed by atoms with Crippen LogP contribution in [0.15, 0.2) is 6.07 Å². The van der Waals surface area contributed by atoms with E-state index in [4.69, 9.17) is 0 Å². The smallest absolute Gasteiger partial charge is 0.132 e. The number of hydrogen-bond donors (Lipinski definition) is 1. The topological polar surface area (TPSA) is 41.0 Å². The van der Waals surface area contributed by atoms with Gasteiger partial charge in [-0.3, -0.25) is 0 Å². The standard InChI is InChI=1S/C15H26N4/c1-5-16-12(3)14-8-6-7-9-19(14)15-10-11(2)17-13(4)18-15/h10,12,14,16H,5-9H2,1-4H3. The molecule has 4 heteroatoms. The monoisotopic (exact) mass is 262 g/mol. The quantitative estimate of drug-likeness (QED) is 0.905. The highest BCUT2D eigenvalue weighted by Gasteiger charge is 2.28. The fourth-order valence-electron chi connectivity index (χ4n) is 3.06. The van der Waals surface area contributed by atoms with Crippen molar-refractivity contribution < 1.29 is 0 Å². The van der Waals surface area contributed by atoms with E-state index in [1.54, 1.807) is 0 Å². The highest BCUT2D eigenvalue weighted by atomic mass is 15.2. The van der Waals surface area contributed by atoms with Crippen LogP contribution in [0.1, 0.15) is 44.6 Å². The molecule has 2 heterocycles. The van der Waals surface area contributed by atoms with Gasteiger partial charge in [0.1, 0.15) is 11.6 Å². The van der Waals surface area contributed by atoms with E-state index < -0.39 is 0 Å². The third kappa shape index (κ3) is 3.44. The van der Waals surface area contributed by atoms with Crippen molar-refractivity contribution in [2.45, 2.75) is 59.0 Å². The fraction of sp³-hybridized carbons (Fsp3) is 0.733. The van der Waals surface area contributed by atoms with E-state index in [9.17, 15) is 0 Å². The number of anilines is 1. The molecule has 0 bridgehead atoms. The van der Waals surface area contributed by atoms with Crippen LogP contribution < -0.4 is 10.2 Å². The molecule has 1 aliphatic rings. The van der Waals surface area contributed by atoms with Gasteiger partial charge in [0.25, 0.3) is 0 Å². The zero-order valence-corrected chi connectivity index (χ0v) is 12.6. The summed E-state index contributed by atoms with van der Waals surface area (Å²) in [4.78, 5) is 11.5. The molecule has 19 heavy (non-hydrogen) atoms. The van der Waals surface area contributed by atoms with Gasteiger partial charge in [0.2, 0.25) is 0 Å². The Bertz CT molecular complexity index is 398. The maximum Gasteiger partial charge on any atom is 0.132 e. The molecule has 1 aromatic heterocycles. The summed E-state index contributed by atoms with van der Waals surface area (Å²) in [5.41, 5.74) is 1.06. The lowest BCUT2D eigenvalue weighted by Gasteiger charge is -2.40. The van der Waals surface area contributed by atoms with Gasteiger partial charge in [-0.1, -0.05) is 6.92 Å². The van der Waals surface area contributed by atoms with Gasteiger partial charge in [-0.05, 0) is 46.6 Å². The molecule has 0 radical (unpaired) electrons. The molecule has 1 N–H and O–H groups in total. The molecule has 0 spiro atoms. The minimum absolute atomic E-state index is 0.501. The zero-order valence-electron chi connectivity index (χ0n) is 12.6. The molecule has 2 unspecified atom stereocenters. The number of piperidine rings is 1. The van der Waals surface area contributed by atoms with Crippen molar-refractivity contribution >= 4 is 5.82 Å². The molecule has 4 nitrogen and oxygen atoms in total. The highest BCUT2D eigenvalue weighted by molar-refractivity contribution is 5.42. The maximum absolute atomic E-state index is 4.64. The van der Waals surface area contributed by atoms with Crippen molar-refractivity contribution in [3.63, 3.8) is 0 Å². The van der Waals surface area contributed by atoms with Crippen LogP contribution in [0.3, 0.4) is 0 Å². The van der Waals surface area contributed by atoms with Crippen LogP contribution >= 0.6 is 0 Å². The summed E-state index contributed by atoms with van der Waals surface area (Å²) in [6.45, 7) is 10.6. The van der Waals surface area contributed by atoms with Crippen LogP contribution in [-0.2, 0) is 0 Å². The van der Waals surface area contributed by atoms with Crippen LogP contribution in [0, 0.1) is 13.8 Å². The van der Waals surface area contributed by atoms with Gasteiger partial charge >= 0.3 is 0 Å². The number of likely N-dealkylation sites (N-methyl/N-ethyl adjacent to an activating group) is 1. The van der Waals surface area contributed by atoms with Crippen molar-refractivity contribution in [1.29, 1.82) is 0 Å². The molecule has 0 aromatic carbocycles. The Kier molecular flexibility index (Phi) is 4.75. The van der Waals surface area contributed by atoms with Crippen molar-refractivity contribution in [3.05, 3.63) is 17.6 Å². The molecule has 1 aromatic rings. The number of nitrogens with zero attached hydrogens (tertiary/aromatic N) is 3. The molecule has 0 saturated carbocycles. The summed E-state index contributed by atoms with van der Waals surface area (Å²) >= 11 is 0. The molecule has 2 rings (SSSR count). The Labute approximate surface area is 116 Å². The first-order chi connectivity index (χ1) is 9.11. The van der Waals surface area contributed by atoms with Crippen molar-refractivity contribution in [1.82, 2.24) is 15.3 Å². The van der Waals surface area contributed by atoms with Gasteiger partial charge in [0, 0.05) is 30.4 Å². The van der Waals surface area contributed by atoms with Crippen LogP contribution in [0.4, 0.5) is 5.82 Å². The SMILES string of the molecule is CCNC(C)C1CCCCN1c1cc(C)nc(C)n1. The van der Waals surface area contributed by atoms with Crippen molar-refractivity contribution in [2.24, 2.45) is 0 Å². The lowest BCUT2D eigenvalue weighted by molar-refractivity contribution is 0.370. The summed E-state index contributed by atoms with van der Waals surface area (Å²) in [6, 6.07) is 3.16. The van der Waals surface area contributed by atoms with E-state index in [1.807, 2.05) is 13.8 Å². The zero-order chi connectivity index (χ0) is 13.8. The summed E-state index contributed by atoms with van der Waals surface area (Å²) in [5.74, 6) is 1.97. The van der Waals surface area contributed by atoms with Gasteiger partial charge in [0.05, 0.1) is 0 Å². The largest absolute Gasteiger partial charge is 0.352 e. The van der Waals surface area contributed by atoms with E-state index >= 15 is 0 Å². The third-order valence-corrected chi connectivity index (χ3v) is 3.90. The Morgan fingerprint density at radius 2 is 2.16 bits per heavy atom. The second kappa shape index (κ2) is 6.33. The second-order valence-electron chi connectivity index (χ2n) is 5.52. The Morgan fingerprint density at radius 1 is 1.37 bits per heavy atom. The predicted molar refractivity (Wildman–Crippen MR) is 79.6 cm³/mol. The number of aryl methyl sites for hydroxylation is 2. The molecule has 106 valence electrons. The van der Waals surface area contributed by atoms with Crippen molar-refractivity contribution in [2.75, 3.05) is 18.0 Å². The predicted octanol–water partition coefficient (Wildman–Crippen LogP) is 2.45. The minimum atomic E-state index is 0.501.